The van der Waals surface area contributed by atoms with Crippen molar-refractivity contribution in [3.63, 3.8) is 0 Å². The van der Waals surface area contributed by atoms with Crippen LogP contribution < -0.4 is 14.8 Å². The molecule has 1 amide bonds. The number of nitrogens with zero attached hydrogens (tertiary/aromatic N) is 1. The number of benzene rings is 4. The Kier molecular flexibility index (Phi) is 8.19. The van der Waals surface area contributed by atoms with Gasteiger partial charge in [0.15, 0.2) is 0 Å². The average Bonchev–Trinajstić information content (AvgIpc) is 2.97. The summed E-state index contributed by atoms with van der Waals surface area (Å²) in [4.78, 5) is 15.7. The van der Waals surface area contributed by atoms with Crippen molar-refractivity contribution in [3.8, 4) is 11.5 Å². The summed E-state index contributed by atoms with van der Waals surface area (Å²) in [5, 5.41) is 3.53. The quantitative estimate of drug-likeness (QED) is 0.334. The van der Waals surface area contributed by atoms with E-state index in [1.165, 1.54) is 12.1 Å². The number of ether oxygens (including phenoxy) is 2. The lowest BCUT2D eigenvalue weighted by Gasteiger charge is -2.32. The van der Waals surface area contributed by atoms with Gasteiger partial charge >= 0.3 is 0 Å². The molecule has 0 aliphatic carbocycles. The molecule has 5 rings (SSSR count). The minimum absolute atomic E-state index is 0.0479. The van der Waals surface area contributed by atoms with Gasteiger partial charge in [-0.15, -0.1) is 0 Å². The monoisotopic (exact) mass is 510 g/mol. The first-order valence-corrected chi connectivity index (χ1v) is 12.9. The van der Waals surface area contributed by atoms with Crippen LogP contribution in [0.1, 0.15) is 23.1 Å². The highest BCUT2D eigenvalue weighted by molar-refractivity contribution is 5.77. The maximum absolute atomic E-state index is 13.8. The second kappa shape index (κ2) is 12.3. The zero-order chi connectivity index (χ0) is 26.2. The molecule has 0 radical (unpaired) electrons. The van der Waals surface area contributed by atoms with Crippen molar-refractivity contribution < 1.29 is 18.7 Å². The molecular formula is C32H31FN2O3. The number of anilines is 1. The number of rotatable bonds is 6. The number of halogens is 1. The summed E-state index contributed by atoms with van der Waals surface area (Å²) in [6.45, 7) is 1.55. The first-order chi connectivity index (χ1) is 18.7. The fraction of sp³-hybridized carbons (Fsp3) is 0.219. The van der Waals surface area contributed by atoms with Gasteiger partial charge in [0.05, 0.1) is 19.1 Å². The first kappa shape index (κ1) is 25.3. The van der Waals surface area contributed by atoms with E-state index in [0.29, 0.717) is 31.9 Å². The van der Waals surface area contributed by atoms with Crippen LogP contribution in [0, 0.1) is 5.82 Å². The van der Waals surface area contributed by atoms with Gasteiger partial charge in [-0.2, -0.15) is 0 Å². The van der Waals surface area contributed by atoms with Crippen molar-refractivity contribution in [3.05, 3.63) is 126 Å². The molecule has 1 aliphatic heterocycles. The van der Waals surface area contributed by atoms with E-state index in [1.54, 1.807) is 12.1 Å². The minimum Gasteiger partial charge on any atom is -0.493 e. The molecule has 4 aromatic rings. The Labute approximate surface area is 222 Å². The van der Waals surface area contributed by atoms with Crippen LogP contribution in [0.4, 0.5) is 10.1 Å². The highest BCUT2D eigenvalue weighted by Crippen LogP contribution is 2.26. The zero-order valence-electron chi connectivity index (χ0n) is 21.2. The number of para-hydroxylation sites is 2. The van der Waals surface area contributed by atoms with Crippen molar-refractivity contribution >= 4 is 11.6 Å². The number of fused-ring (bicyclic) bond motifs is 2. The topological polar surface area (TPSA) is 50.8 Å². The van der Waals surface area contributed by atoms with Gasteiger partial charge in [-0.25, -0.2) is 4.39 Å². The van der Waals surface area contributed by atoms with Crippen LogP contribution in [-0.4, -0.2) is 30.1 Å². The predicted molar refractivity (Wildman–Crippen MR) is 147 cm³/mol. The highest BCUT2D eigenvalue weighted by Gasteiger charge is 2.27. The third kappa shape index (κ3) is 6.51. The predicted octanol–water partition coefficient (Wildman–Crippen LogP) is 6.24. The molecule has 0 bridgehead atoms. The molecule has 0 spiro atoms. The Morgan fingerprint density at radius 3 is 2.53 bits per heavy atom. The molecule has 1 atom stereocenters. The Morgan fingerprint density at radius 2 is 1.68 bits per heavy atom. The van der Waals surface area contributed by atoms with E-state index >= 15 is 0 Å². The summed E-state index contributed by atoms with van der Waals surface area (Å²) in [5.74, 6) is 0.795. The number of hydrogen-bond donors (Lipinski definition) is 1. The van der Waals surface area contributed by atoms with E-state index in [2.05, 4.69) is 29.6 Å². The van der Waals surface area contributed by atoms with E-state index in [0.717, 1.165) is 28.1 Å². The molecule has 6 heteroatoms. The second-order valence-corrected chi connectivity index (χ2v) is 9.35. The lowest BCUT2D eigenvalue weighted by Crippen LogP contribution is -2.45. The summed E-state index contributed by atoms with van der Waals surface area (Å²) < 4.78 is 25.6. The SMILES string of the molecule is O=C(CCOc1cccc(F)c1)N1Cc2ccccc2NCc2ccccc2OC[C@@H]1Cc1ccccc1. The molecule has 194 valence electrons. The van der Waals surface area contributed by atoms with Gasteiger partial charge in [-0.05, 0) is 41.8 Å². The summed E-state index contributed by atoms with van der Waals surface area (Å²) in [7, 11) is 0. The lowest BCUT2D eigenvalue weighted by molar-refractivity contribution is -0.135. The molecular weight excluding hydrogens is 479 g/mol. The van der Waals surface area contributed by atoms with Crippen LogP contribution in [0.5, 0.6) is 11.5 Å². The van der Waals surface area contributed by atoms with Gasteiger partial charge in [0.25, 0.3) is 0 Å². The fourth-order valence-electron chi connectivity index (χ4n) is 4.70. The van der Waals surface area contributed by atoms with Gasteiger partial charge in [0.2, 0.25) is 5.91 Å². The largest absolute Gasteiger partial charge is 0.493 e. The molecule has 0 saturated carbocycles. The van der Waals surface area contributed by atoms with Gasteiger partial charge in [-0.3, -0.25) is 4.79 Å². The summed E-state index contributed by atoms with van der Waals surface area (Å²) >= 11 is 0. The van der Waals surface area contributed by atoms with E-state index < -0.39 is 0 Å². The Bertz CT molecular complexity index is 1360. The highest BCUT2D eigenvalue weighted by atomic mass is 19.1. The molecule has 0 fully saturated rings. The van der Waals surface area contributed by atoms with Crippen LogP contribution in [0.25, 0.3) is 0 Å². The summed E-state index contributed by atoms with van der Waals surface area (Å²) in [6, 6.07) is 32.0. The second-order valence-electron chi connectivity index (χ2n) is 9.35. The van der Waals surface area contributed by atoms with E-state index in [9.17, 15) is 9.18 Å². The molecule has 1 aliphatic rings. The Hall–Kier alpha value is -4.32. The van der Waals surface area contributed by atoms with Crippen molar-refractivity contribution in [2.45, 2.75) is 32.0 Å². The van der Waals surface area contributed by atoms with Gasteiger partial charge in [0.1, 0.15) is 23.9 Å². The number of carbonyl (C=O) groups excluding carboxylic acids is 1. The van der Waals surface area contributed by atoms with Crippen molar-refractivity contribution in [2.24, 2.45) is 0 Å². The third-order valence-electron chi connectivity index (χ3n) is 6.69. The number of hydrogen-bond acceptors (Lipinski definition) is 4. The van der Waals surface area contributed by atoms with Gasteiger partial charge in [-0.1, -0.05) is 72.8 Å². The summed E-state index contributed by atoms with van der Waals surface area (Å²) in [5.41, 5.74) is 4.20. The van der Waals surface area contributed by atoms with E-state index in [4.69, 9.17) is 9.47 Å². The van der Waals surface area contributed by atoms with Crippen LogP contribution in [0.3, 0.4) is 0 Å². The molecule has 0 saturated heterocycles. The minimum atomic E-state index is -0.370. The van der Waals surface area contributed by atoms with E-state index in [-0.39, 0.29) is 30.8 Å². The average molecular weight is 511 g/mol. The molecule has 5 nitrogen and oxygen atoms in total. The lowest BCUT2D eigenvalue weighted by atomic mass is 10.0. The summed E-state index contributed by atoms with van der Waals surface area (Å²) in [6.07, 6.45) is 0.809. The van der Waals surface area contributed by atoms with Gasteiger partial charge < -0.3 is 19.7 Å². The zero-order valence-corrected chi connectivity index (χ0v) is 21.2. The molecule has 1 heterocycles. The number of nitrogens with one attached hydrogen (secondary N) is 1. The molecule has 0 aromatic heterocycles. The molecule has 0 unspecified atom stereocenters. The first-order valence-electron chi connectivity index (χ1n) is 12.9. The third-order valence-corrected chi connectivity index (χ3v) is 6.69. The van der Waals surface area contributed by atoms with Crippen molar-refractivity contribution in [1.82, 2.24) is 4.90 Å². The van der Waals surface area contributed by atoms with Gasteiger partial charge in [0, 0.05) is 30.4 Å². The normalized spacial score (nSPS) is 15.2. The van der Waals surface area contributed by atoms with Crippen LogP contribution >= 0.6 is 0 Å². The molecule has 38 heavy (non-hydrogen) atoms. The number of amides is 1. The maximum atomic E-state index is 13.8. The van der Waals surface area contributed by atoms with Crippen molar-refractivity contribution in [2.75, 3.05) is 18.5 Å². The Balaban J connectivity index is 1.44. The van der Waals surface area contributed by atoms with Crippen LogP contribution in [0.2, 0.25) is 0 Å². The smallest absolute Gasteiger partial charge is 0.226 e. The van der Waals surface area contributed by atoms with Crippen LogP contribution in [0.15, 0.2) is 103 Å². The Morgan fingerprint density at radius 1 is 0.921 bits per heavy atom. The van der Waals surface area contributed by atoms with E-state index in [1.807, 2.05) is 59.5 Å². The molecule has 4 aromatic carbocycles. The van der Waals surface area contributed by atoms with Crippen molar-refractivity contribution in [1.29, 1.82) is 0 Å². The van der Waals surface area contributed by atoms with Crippen LogP contribution in [-0.2, 0) is 24.3 Å². The fourth-order valence-corrected chi connectivity index (χ4v) is 4.70. The standard InChI is InChI=1S/C32H31FN2O3/c33-27-13-8-14-29(20-27)37-18-17-32(36)35-22-26-12-4-6-15-30(26)34-21-25-11-5-7-16-31(25)38-23-28(35)19-24-9-2-1-3-10-24/h1-16,20,28,34H,17-19,21-23H2/t28-/m0/s1. The molecule has 1 N–H and O–H groups in total. The maximum Gasteiger partial charge on any atom is 0.226 e. The number of carbonyl (C=O) groups is 1.